The van der Waals surface area contributed by atoms with Gasteiger partial charge in [-0.3, -0.25) is 4.79 Å². The highest BCUT2D eigenvalue weighted by atomic mass is 32.2. The van der Waals surface area contributed by atoms with Crippen LogP contribution in [0.25, 0.3) is 0 Å². The van der Waals surface area contributed by atoms with Crippen LogP contribution in [-0.2, 0) is 14.8 Å². The minimum atomic E-state index is -3.71. The average molecular weight is 396 g/mol. The van der Waals surface area contributed by atoms with E-state index in [1.165, 1.54) is 20.2 Å². The number of ether oxygens (including phenoxy) is 1. The molecule has 0 aliphatic rings. The molecule has 1 atom stereocenters. The number of rotatable bonds is 8. The molecule has 27 heavy (non-hydrogen) atoms. The molecule has 2 N–H and O–H groups in total. The molecule has 0 saturated heterocycles. The summed E-state index contributed by atoms with van der Waals surface area (Å²) in [6.07, 6.45) is 0. The number of nitrogens with zero attached hydrogens (tertiary/aromatic N) is 2. The summed E-state index contributed by atoms with van der Waals surface area (Å²) in [7, 11) is -0.818. The zero-order chi connectivity index (χ0) is 20.2. The average Bonchev–Trinajstić information content (AvgIpc) is 3.00. The monoisotopic (exact) mass is 396 g/mol. The van der Waals surface area contributed by atoms with Crippen molar-refractivity contribution in [2.24, 2.45) is 0 Å². The van der Waals surface area contributed by atoms with E-state index in [0.29, 0.717) is 23.9 Å². The third-order valence-corrected chi connectivity index (χ3v) is 5.49. The van der Waals surface area contributed by atoms with E-state index in [0.717, 1.165) is 4.31 Å². The number of hydrogen-bond donors (Lipinski definition) is 2. The minimum absolute atomic E-state index is 0.0269. The molecular formula is C17H24N4O5S. The molecule has 0 spiro atoms. The first-order valence-corrected chi connectivity index (χ1v) is 9.79. The Morgan fingerprint density at radius 3 is 2.59 bits per heavy atom. The van der Waals surface area contributed by atoms with Crippen molar-refractivity contribution in [2.75, 3.05) is 31.3 Å². The molecule has 148 valence electrons. The number of aromatic nitrogens is 1. The second kappa shape index (κ2) is 8.40. The first-order chi connectivity index (χ1) is 12.6. The van der Waals surface area contributed by atoms with Crippen molar-refractivity contribution in [3.8, 4) is 5.75 Å². The van der Waals surface area contributed by atoms with Crippen LogP contribution in [-0.4, -0.2) is 50.5 Å². The van der Waals surface area contributed by atoms with Crippen LogP contribution < -0.4 is 15.4 Å². The van der Waals surface area contributed by atoms with E-state index in [2.05, 4.69) is 15.8 Å². The molecule has 1 heterocycles. The lowest BCUT2D eigenvalue weighted by molar-refractivity contribution is -0.116. The van der Waals surface area contributed by atoms with E-state index in [1.54, 1.807) is 39.0 Å². The summed E-state index contributed by atoms with van der Waals surface area (Å²) >= 11 is 0. The molecule has 1 aromatic carbocycles. The normalized spacial score (nSPS) is 12.7. The van der Waals surface area contributed by atoms with Gasteiger partial charge in [0.2, 0.25) is 15.9 Å². The van der Waals surface area contributed by atoms with Crippen molar-refractivity contribution in [3.05, 3.63) is 30.0 Å². The highest BCUT2D eigenvalue weighted by Gasteiger charge is 2.24. The Labute approximate surface area is 158 Å². The maximum atomic E-state index is 12.6. The fraction of sp³-hybridized carbons (Fsp3) is 0.412. The number of aryl methyl sites for hydroxylation is 1. The molecule has 0 radical (unpaired) electrons. The molecule has 0 fully saturated rings. The van der Waals surface area contributed by atoms with Gasteiger partial charge < -0.3 is 19.9 Å². The van der Waals surface area contributed by atoms with Crippen molar-refractivity contribution >= 4 is 27.4 Å². The predicted octanol–water partition coefficient (Wildman–Crippen LogP) is 2.07. The number of amides is 1. The molecule has 0 aliphatic carbocycles. The van der Waals surface area contributed by atoms with Gasteiger partial charge in [-0.2, -0.15) is 0 Å². The van der Waals surface area contributed by atoms with Crippen LogP contribution in [0, 0.1) is 6.92 Å². The third kappa shape index (κ3) is 4.98. The number of nitrogens with one attached hydrogen (secondary N) is 2. The molecule has 2 rings (SSSR count). The van der Waals surface area contributed by atoms with Gasteiger partial charge in [-0.25, -0.2) is 12.7 Å². The first kappa shape index (κ1) is 20.7. The number of carbonyl (C=O) groups is 1. The van der Waals surface area contributed by atoms with Gasteiger partial charge in [-0.15, -0.1) is 0 Å². The second-order valence-corrected chi connectivity index (χ2v) is 8.18. The van der Waals surface area contributed by atoms with Gasteiger partial charge >= 0.3 is 0 Å². The van der Waals surface area contributed by atoms with Crippen LogP contribution in [0.15, 0.2) is 33.7 Å². The highest BCUT2D eigenvalue weighted by molar-refractivity contribution is 7.89. The SMILES string of the molecule is CCOc1ccc(NC(C)C(=O)Nc2cc(C)on2)cc1S(=O)(=O)N(C)C. The van der Waals surface area contributed by atoms with Gasteiger partial charge in [0.05, 0.1) is 6.61 Å². The Kier molecular flexibility index (Phi) is 6.45. The molecule has 0 bridgehead atoms. The second-order valence-electron chi connectivity index (χ2n) is 6.06. The van der Waals surface area contributed by atoms with E-state index in [4.69, 9.17) is 9.26 Å². The Hall–Kier alpha value is -2.59. The van der Waals surface area contributed by atoms with Gasteiger partial charge in [0.15, 0.2) is 5.82 Å². The van der Waals surface area contributed by atoms with Crippen LogP contribution in [0.4, 0.5) is 11.5 Å². The van der Waals surface area contributed by atoms with Crippen LogP contribution in [0.5, 0.6) is 5.75 Å². The molecule has 1 unspecified atom stereocenters. The summed E-state index contributed by atoms with van der Waals surface area (Å²) in [4.78, 5) is 12.3. The Balaban J connectivity index is 2.21. The zero-order valence-corrected chi connectivity index (χ0v) is 16.8. The van der Waals surface area contributed by atoms with Crippen LogP contribution in [0.1, 0.15) is 19.6 Å². The predicted molar refractivity (Wildman–Crippen MR) is 101 cm³/mol. The molecule has 9 nitrogen and oxygen atoms in total. The molecule has 2 aromatic rings. The fourth-order valence-corrected chi connectivity index (χ4v) is 3.30. The van der Waals surface area contributed by atoms with E-state index >= 15 is 0 Å². The topological polar surface area (TPSA) is 114 Å². The van der Waals surface area contributed by atoms with Gasteiger partial charge in [0, 0.05) is 25.8 Å². The van der Waals surface area contributed by atoms with Crippen LogP contribution in [0.2, 0.25) is 0 Å². The van der Waals surface area contributed by atoms with E-state index in [1.807, 2.05) is 0 Å². The minimum Gasteiger partial charge on any atom is -0.492 e. The van der Waals surface area contributed by atoms with E-state index < -0.39 is 16.1 Å². The number of benzene rings is 1. The Morgan fingerprint density at radius 2 is 2.04 bits per heavy atom. The molecule has 0 saturated carbocycles. The van der Waals surface area contributed by atoms with E-state index in [9.17, 15) is 13.2 Å². The number of carbonyl (C=O) groups excluding carboxylic acids is 1. The maximum Gasteiger partial charge on any atom is 0.247 e. The van der Waals surface area contributed by atoms with Gasteiger partial charge in [-0.05, 0) is 39.0 Å². The quantitative estimate of drug-likeness (QED) is 0.702. The van der Waals surface area contributed by atoms with Gasteiger partial charge in [0.1, 0.15) is 22.4 Å². The van der Waals surface area contributed by atoms with Crippen molar-refractivity contribution in [3.63, 3.8) is 0 Å². The fourth-order valence-electron chi connectivity index (χ4n) is 2.25. The lowest BCUT2D eigenvalue weighted by Gasteiger charge is -2.18. The maximum absolute atomic E-state index is 12.6. The molecule has 10 heteroatoms. The van der Waals surface area contributed by atoms with Crippen molar-refractivity contribution < 1.29 is 22.5 Å². The zero-order valence-electron chi connectivity index (χ0n) is 15.9. The van der Waals surface area contributed by atoms with Crippen molar-refractivity contribution in [2.45, 2.75) is 31.7 Å². The van der Waals surface area contributed by atoms with Crippen molar-refractivity contribution in [1.29, 1.82) is 0 Å². The summed E-state index contributed by atoms with van der Waals surface area (Å²) in [6.45, 7) is 5.48. The van der Waals surface area contributed by atoms with Gasteiger partial charge in [0.25, 0.3) is 0 Å². The molecular weight excluding hydrogens is 372 g/mol. The smallest absolute Gasteiger partial charge is 0.247 e. The largest absolute Gasteiger partial charge is 0.492 e. The Morgan fingerprint density at radius 1 is 1.33 bits per heavy atom. The highest BCUT2D eigenvalue weighted by Crippen LogP contribution is 2.29. The first-order valence-electron chi connectivity index (χ1n) is 8.35. The van der Waals surface area contributed by atoms with Crippen molar-refractivity contribution in [1.82, 2.24) is 9.46 Å². The summed E-state index contributed by atoms with van der Waals surface area (Å²) in [6, 6.07) is 5.63. The summed E-state index contributed by atoms with van der Waals surface area (Å²) in [5.41, 5.74) is 0.470. The summed E-state index contributed by atoms with van der Waals surface area (Å²) in [5.74, 6) is 0.811. The summed E-state index contributed by atoms with van der Waals surface area (Å²) < 4.78 is 36.6. The van der Waals surface area contributed by atoms with Crippen LogP contribution in [0.3, 0.4) is 0 Å². The lowest BCUT2D eigenvalue weighted by Crippen LogP contribution is -2.32. The molecule has 0 aliphatic heterocycles. The van der Waals surface area contributed by atoms with E-state index in [-0.39, 0.29) is 16.6 Å². The Bertz CT molecular complexity index is 908. The van der Waals surface area contributed by atoms with Crippen LogP contribution >= 0.6 is 0 Å². The molecule has 1 aromatic heterocycles. The number of sulfonamides is 1. The lowest BCUT2D eigenvalue weighted by atomic mass is 10.2. The third-order valence-electron chi connectivity index (χ3n) is 3.66. The van der Waals surface area contributed by atoms with Gasteiger partial charge in [-0.1, -0.05) is 5.16 Å². The standard InChI is InChI=1S/C17H24N4O5S/c1-6-25-14-8-7-13(10-15(14)27(23,24)21(4)5)18-12(3)17(22)19-16-9-11(2)26-20-16/h7-10,12,18H,6H2,1-5H3,(H,19,20,22). The number of hydrogen-bond acceptors (Lipinski definition) is 7. The number of anilines is 2. The summed E-state index contributed by atoms with van der Waals surface area (Å²) in [5, 5.41) is 9.31. The molecule has 1 amide bonds.